The summed E-state index contributed by atoms with van der Waals surface area (Å²) < 4.78 is 31.5. The van der Waals surface area contributed by atoms with Gasteiger partial charge in [0.25, 0.3) is 15.9 Å². The number of carbonyl (C=O) groups excluding carboxylic acids is 2. The zero-order valence-electron chi connectivity index (χ0n) is 15.7. The van der Waals surface area contributed by atoms with Crippen LogP contribution in [0.4, 0.5) is 5.69 Å². The monoisotopic (exact) mass is 413 g/mol. The number of anilines is 1. The number of ether oxygens (including phenoxy) is 1. The van der Waals surface area contributed by atoms with Crippen LogP contribution in [0.25, 0.3) is 0 Å². The minimum atomic E-state index is -3.67. The summed E-state index contributed by atoms with van der Waals surface area (Å²) in [5, 5.41) is 0. The molecule has 1 atom stereocenters. The van der Waals surface area contributed by atoms with Crippen LogP contribution in [0.3, 0.4) is 0 Å². The number of hydrogen-bond acceptors (Lipinski definition) is 6. The maximum Gasteiger partial charge on any atom is 0.328 e. The van der Waals surface area contributed by atoms with Gasteiger partial charge in [0.1, 0.15) is 12.4 Å². The SMILES string of the molecule is C[C@@H]1Cc2ccccc2N1C(=O)COC(=O)CN=C1NS(=O)(=O)c2ccccc21. The Morgan fingerprint density at radius 2 is 1.90 bits per heavy atom. The Morgan fingerprint density at radius 1 is 1.17 bits per heavy atom. The average Bonchev–Trinajstić information content (AvgIpc) is 3.17. The molecular formula is C20H19N3O5S. The van der Waals surface area contributed by atoms with E-state index in [1.165, 1.54) is 6.07 Å². The first kappa shape index (κ1) is 19.1. The van der Waals surface area contributed by atoms with Gasteiger partial charge in [-0.15, -0.1) is 0 Å². The van der Waals surface area contributed by atoms with Crippen LogP contribution in [-0.4, -0.2) is 45.3 Å². The third kappa shape index (κ3) is 3.61. The van der Waals surface area contributed by atoms with E-state index in [-0.39, 0.29) is 22.7 Å². The molecule has 0 aromatic heterocycles. The summed E-state index contributed by atoms with van der Waals surface area (Å²) in [6.45, 7) is 1.14. The Balaban J connectivity index is 1.38. The number of hydrogen-bond donors (Lipinski definition) is 1. The van der Waals surface area contributed by atoms with Gasteiger partial charge in [-0.25, -0.2) is 8.42 Å². The molecule has 0 bridgehead atoms. The van der Waals surface area contributed by atoms with Gasteiger partial charge < -0.3 is 9.64 Å². The highest BCUT2D eigenvalue weighted by molar-refractivity contribution is 7.90. The van der Waals surface area contributed by atoms with Crippen LogP contribution < -0.4 is 9.62 Å². The fourth-order valence-corrected chi connectivity index (χ4v) is 4.85. The number of benzene rings is 2. The van der Waals surface area contributed by atoms with Crippen LogP contribution in [0.15, 0.2) is 58.4 Å². The molecule has 2 aromatic carbocycles. The number of fused-ring (bicyclic) bond motifs is 2. The molecule has 0 radical (unpaired) electrons. The van der Waals surface area contributed by atoms with Crippen molar-refractivity contribution >= 4 is 33.4 Å². The number of sulfonamides is 1. The molecule has 1 N–H and O–H groups in total. The number of carbonyl (C=O) groups is 2. The predicted octanol–water partition coefficient (Wildman–Crippen LogP) is 1.25. The van der Waals surface area contributed by atoms with Crippen molar-refractivity contribution in [2.75, 3.05) is 18.1 Å². The summed E-state index contributed by atoms with van der Waals surface area (Å²) in [5.41, 5.74) is 2.32. The summed E-state index contributed by atoms with van der Waals surface area (Å²) in [6, 6.07) is 14.0. The molecule has 2 heterocycles. The van der Waals surface area contributed by atoms with Gasteiger partial charge in [0.2, 0.25) is 0 Å². The second-order valence-electron chi connectivity index (χ2n) is 6.87. The predicted molar refractivity (Wildman–Crippen MR) is 106 cm³/mol. The Hall–Kier alpha value is -3.20. The summed E-state index contributed by atoms with van der Waals surface area (Å²) in [4.78, 5) is 30.4. The van der Waals surface area contributed by atoms with Crippen LogP contribution in [0, 0.1) is 0 Å². The maximum absolute atomic E-state index is 12.6. The van der Waals surface area contributed by atoms with Crippen LogP contribution in [0.1, 0.15) is 18.1 Å². The molecule has 0 spiro atoms. The normalized spacial score (nSPS) is 20.1. The van der Waals surface area contributed by atoms with Gasteiger partial charge >= 0.3 is 5.97 Å². The zero-order chi connectivity index (χ0) is 20.6. The molecular weight excluding hydrogens is 394 g/mol. The Morgan fingerprint density at radius 3 is 2.72 bits per heavy atom. The first-order chi connectivity index (χ1) is 13.9. The van der Waals surface area contributed by atoms with Gasteiger partial charge in [0.05, 0.1) is 4.90 Å². The third-order valence-electron chi connectivity index (χ3n) is 4.86. The number of aliphatic imine (C=N–C) groups is 1. The number of nitrogens with one attached hydrogen (secondary N) is 1. The third-order valence-corrected chi connectivity index (χ3v) is 6.26. The van der Waals surface area contributed by atoms with Crippen molar-refractivity contribution in [1.29, 1.82) is 0 Å². The molecule has 150 valence electrons. The first-order valence-electron chi connectivity index (χ1n) is 9.09. The van der Waals surface area contributed by atoms with Gasteiger partial charge in [0.15, 0.2) is 6.61 Å². The van der Waals surface area contributed by atoms with E-state index in [0.717, 1.165) is 17.7 Å². The van der Waals surface area contributed by atoms with Crippen molar-refractivity contribution in [3.8, 4) is 0 Å². The van der Waals surface area contributed by atoms with Crippen molar-refractivity contribution in [1.82, 2.24) is 4.72 Å². The lowest BCUT2D eigenvalue weighted by Crippen LogP contribution is -2.39. The van der Waals surface area contributed by atoms with E-state index in [0.29, 0.717) is 5.56 Å². The van der Waals surface area contributed by atoms with Crippen molar-refractivity contribution in [3.05, 3.63) is 59.7 Å². The second-order valence-corrected chi connectivity index (χ2v) is 8.52. The van der Waals surface area contributed by atoms with E-state index in [2.05, 4.69) is 9.71 Å². The molecule has 2 aliphatic rings. The van der Waals surface area contributed by atoms with Crippen molar-refractivity contribution < 1.29 is 22.7 Å². The largest absolute Gasteiger partial charge is 0.454 e. The van der Waals surface area contributed by atoms with Crippen molar-refractivity contribution in [3.63, 3.8) is 0 Å². The van der Waals surface area contributed by atoms with Gasteiger partial charge in [0, 0.05) is 17.3 Å². The second kappa shape index (κ2) is 7.32. The molecule has 0 saturated heterocycles. The number of esters is 1. The summed E-state index contributed by atoms with van der Waals surface area (Å²) >= 11 is 0. The first-order valence-corrected chi connectivity index (χ1v) is 10.6. The number of amides is 1. The molecule has 29 heavy (non-hydrogen) atoms. The van der Waals surface area contributed by atoms with Crippen LogP contribution in [-0.2, 0) is 30.8 Å². The highest BCUT2D eigenvalue weighted by Crippen LogP contribution is 2.31. The van der Waals surface area contributed by atoms with Crippen LogP contribution in [0.5, 0.6) is 0 Å². The minimum absolute atomic E-state index is 0.0109. The minimum Gasteiger partial charge on any atom is -0.454 e. The Kier molecular flexibility index (Phi) is 4.83. The zero-order valence-corrected chi connectivity index (χ0v) is 16.5. The van der Waals surface area contributed by atoms with E-state index in [4.69, 9.17) is 4.74 Å². The summed E-state index contributed by atoms with van der Waals surface area (Å²) in [7, 11) is -3.67. The molecule has 2 aromatic rings. The molecule has 0 aliphatic carbocycles. The summed E-state index contributed by atoms with van der Waals surface area (Å²) in [6.07, 6.45) is 0.753. The molecule has 9 heteroatoms. The van der Waals surface area contributed by atoms with E-state index in [9.17, 15) is 18.0 Å². The van der Waals surface area contributed by atoms with E-state index >= 15 is 0 Å². The Bertz CT molecular complexity index is 1130. The lowest BCUT2D eigenvalue weighted by atomic mass is 10.1. The molecule has 8 nitrogen and oxygen atoms in total. The van der Waals surface area contributed by atoms with E-state index in [1.807, 2.05) is 31.2 Å². The summed E-state index contributed by atoms with van der Waals surface area (Å²) in [5.74, 6) is -0.934. The standard InChI is InChI=1S/C20H19N3O5S/c1-13-10-14-6-2-4-8-16(14)23(13)18(24)12-28-19(25)11-21-20-15-7-3-5-9-17(15)29(26,27)22-20/h2-9,13H,10-12H2,1H3,(H,21,22)/t13-/m1/s1. The Labute approximate surface area is 168 Å². The lowest BCUT2D eigenvalue weighted by Gasteiger charge is -2.22. The molecule has 2 aliphatic heterocycles. The number of nitrogens with zero attached hydrogens (tertiary/aromatic N) is 2. The number of amidine groups is 1. The van der Waals surface area contributed by atoms with Crippen molar-refractivity contribution in [2.24, 2.45) is 4.99 Å². The lowest BCUT2D eigenvalue weighted by molar-refractivity contribution is -0.146. The molecule has 0 unspecified atom stereocenters. The molecule has 0 fully saturated rings. The average molecular weight is 413 g/mol. The number of para-hydroxylation sites is 1. The van der Waals surface area contributed by atoms with Crippen molar-refractivity contribution in [2.45, 2.75) is 24.3 Å². The van der Waals surface area contributed by atoms with Gasteiger partial charge in [-0.1, -0.05) is 30.3 Å². The number of rotatable bonds is 4. The fraction of sp³-hybridized carbons (Fsp3) is 0.250. The van der Waals surface area contributed by atoms with Crippen LogP contribution in [0.2, 0.25) is 0 Å². The highest BCUT2D eigenvalue weighted by atomic mass is 32.2. The molecule has 4 rings (SSSR count). The maximum atomic E-state index is 12.6. The van der Waals surface area contributed by atoms with Crippen LogP contribution >= 0.6 is 0 Å². The van der Waals surface area contributed by atoms with Gasteiger partial charge in [-0.3, -0.25) is 19.3 Å². The van der Waals surface area contributed by atoms with Gasteiger partial charge in [-0.2, -0.15) is 0 Å². The highest BCUT2D eigenvalue weighted by Gasteiger charge is 2.32. The quantitative estimate of drug-likeness (QED) is 0.760. The van der Waals surface area contributed by atoms with E-state index in [1.54, 1.807) is 23.1 Å². The van der Waals surface area contributed by atoms with E-state index < -0.39 is 29.1 Å². The topological polar surface area (TPSA) is 105 Å². The fourth-order valence-electron chi connectivity index (χ4n) is 3.60. The smallest absolute Gasteiger partial charge is 0.328 e. The molecule has 0 saturated carbocycles. The molecule has 1 amide bonds. The van der Waals surface area contributed by atoms with Gasteiger partial charge in [-0.05, 0) is 37.1 Å².